The van der Waals surface area contributed by atoms with E-state index >= 15 is 0 Å². The number of likely N-dealkylation sites (N-methyl/N-ethyl adjacent to an activating group) is 1. The van der Waals surface area contributed by atoms with Gasteiger partial charge in [-0.15, -0.1) is 11.3 Å². The molecule has 2 heterocycles. The van der Waals surface area contributed by atoms with Gasteiger partial charge in [-0.1, -0.05) is 11.6 Å². The number of carbonyl (C=O) groups is 1. The van der Waals surface area contributed by atoms with Crippen LogP contribution in [0.2, 0.25) is 4.34 Å². The molecule has 1 N–H and O–H groups in total. The summed E-state index contributed by atoms with van der Waals surface area (Å²) in [5.41, 5.74) is 1.77. The van der Waals surface area contributed by atoms with Gasteiger partial charge in [0.05, 0.1) is 22.5 Å². The minimum atomic E-state index is -0.234. The van der Waals surface area contributed by atoms with Crippen LogP contribution in [-0.4, -0.2) is 26.1 Å². The zero-order valence-electron chi connectivity index (χ0n) is 12.4. The van der Waals surface area contributed by atoms with Crippen molar-refractivity contribution in [3.8, 4) is 5.75 Å². The molecule has 0 aliphatic carbocycles. The fraction of sp³-hybridized carbons (Fsp3) is 0.312. The average molecular weight is 337 g/mol. The highest BCUT2D eigenvalue weighted by atomic mass is 35.5. The Labute approximate surface area is 138 Å². The molecule has 1 amide bonds. The molecule has 0 saturated heterocycles. The number of fused-ring (bicyclic) bond motifs is 1. The van der Waals surface area contributed by atoms with Gasteiger partial charge in [-0.05, 0) is 37.3 Å². The Hall–Kier alpha value is -1.72. The Balaban J connectivity index is 1.75. The summed E-state index contributed by atoms with van der Waals surface area (Å²) >= 11 is 7.37. The number of carbonyl (C=O) groups excluding carboxylic acids is 1. The first kappa shape index (κ1) is 15.2. The minimum Gasteiger partial charge on any atom is -0.490 e. The summed E-state index contributed by atoms with van der Waals surface area (Å²) in [4.78, 5) is 15.5. The minimum absolute atomic E-state index is 0.0437. The quantitative estimate of drug-likeness (QED) is 0.922. The van der Waals surface area contributed by atoms with Gasteiger partial charge in [0.25, 0.3) is 0 Å². The predicted octanol–water partition coefficient (Wildman–Crippen LogP) is 3.97. The van der Waals surface area contributed by atoms with Crippen LogP contribution in [0.15, 0.2) is 30.3 Å². The molecule has 0 fully saturated rings. The molecule has 1 aromatic carbocycles. The van der Waals surface area contributed by atoms with Crippen LogP contribution in [0.25, 0.3) is 0 Å². The normalized spacial score (nSPS) is 15.0. The summed E-state index contributed by atoms with van der Waals surface area (Å²) in [7, 11) is 2.02. The standard InChI is InChI=1S/C16H17ClN2O2S/c1-10(14-5-6-15(17)22-14)16(20)18-11-3-4-13-12(9-11)19(2)7-8-21-13/h3-6,9-10H,7-8H2,1-2H3,(H,18,20). The Bertz CT molecular complexity index is 701. The van der Waals surface area contributed by atoms with Crippen LogP contribution >= 0.6 is 22.9 Å². The van der Waals surface area contributed by atoms with Crippen LogP contribution in [0.5, 0.6) is 5.75 Å². The van der Waals surface area contributed by atoms with Crippen molar-refractivity contribution in [2.24, 2.45) is 0 Å². The van der Waals surface area contributed by atoms with E-state index in [2.05, 4.69) is 10.2 Å². The topological polar surface area (TPSA) is 41.6 Å². The number of rotatable bonds is 3. The highest BCUT2D eigenvalue weighted by Gasteiger charge is 2.19. The summed E-state index contributed by atoms with van der Waals surface area (Å²) in [6, 6.07) is 9.42. The molecule has 1 atom stereocenters. The van der Waals surface area contributed by atoms with Crippen molar-refractivity contribution >= 4 is 40.2 Å². The number of halogens is 1. The molecule has 0 bridgehead atoms. The van der Waals surface area contributed by atoms with Crippen molar-refractivity contribution in [3.63, 3.8) is 0 Å². The largest absolute Gasteiger partial charge is 0.490 e. The lowest BCUT2D eigenvalue weighted by Gasteiger charge is -2.28. The van der Waals surface area contributed by atoms with Crippen molar-refractivity contribution in [1.29, 1.82) is 0 Å². The summed E-state index contributed by atoms with van der Waals surface area (Å²) in [6.07, 6.45) is 0. The summed E-state index contributed by atoms with van der Waals surface area (Å²) in [5, 5.41) is 2.96. The monoisotopic (exact) mass is 336 g/mol. The molecule has 1 aliphatic heterocycles. The molecule has 3 rings (SSSR count). The molecule has 0 spiro atoms. The van der Waals surface area contributed by atoms with Crippen LogP contribution in [-0.2, 0) is 4.79 Å². The first-order chi connectivity index (χ1) is 10.5. The van der Waals surface area contributed by atoms with E-state index in [0.29, 0.717) is 10.9 Å². The Morgan fingerprint density at radius 3 is 2.95 bits per heavy atom. The number of thiophene rings is 1. The smallest absolute Gasteiger partial charge is 0.232 e. The Kier molecular flexibility index (Phi) is 4.27. The molecular weight excluding hydrogens is 320 g/mol. The molecule has 4 nitrogen and oxygen atoms in total. The molecule has 116 valence electrons. The van der Waals surface area contributed by atoms with Crippen molar-refractivity contribution in [2.75, 3.05) is 30.4 Å². The van der Waals surface area contributed by atoms with Gasteiger partial charge in [-0.2, -0.15) is 0 Å². The van der Waals surface area contributed by atoms with Gasteiger partial charge in [0.1, 0.15) is 12.4 Å². The van der Waals surface area contributed by atoms with E-state index in [1.165, 1.54) is 11.3 Å². The zero-order chi connectivity index (χ0) is 15.7. The Morgan fingerprint density at radius 2 is 2.23 bits per heavy atom. The fourth-order valence-electron chi connectivity index (χ4n) is 2.37. The lowest BCUT2D eigenvalue weighted by atomic mass is 10.1. The summed E-state index contributed by atoms with van der Waals surface area (Å²) < 4.78 is 6.30. The van der Waals surface area contributed by atoms with Crippen LogP contribution in [0, 0.1) is 0 Å². The predicted molar refractivity (Wildman–Crippen MR) is 91.6 cm³/mol. The van der Waals surface area contributed by atoms with E-state index in [1.54, 1.807) is 0 Å². The maximum Gasteiger partial charge on any atom is 0.232 e. The van der Waals surface area contributed by atoms with E-state index in [9.17, 15) is 4.79 Å². The van der Waals surface area contributed by atoms with Crippen LogP contribution in [0.1, 0.15) is 17.7 Å². The number of amides is 1. The van der Waals surface area contributed by atoms with Crippen molar-refractivity contribution in [3.05, 3.63) is 39.5 Å². The molecule has 0 saturated carbocycles. The molecule has 1 unspecified atom stereocenters. The molecule has 22 heavy (non-hydrogen) atoms. The van der Waals surface area contributed by atoms with Crippen LogP contribution in [0.4, 0.5) is 11.4 Å². The SMILES string of the molecule is CC(C(=O)Nc1ccc2c(c1)N(C)CCO2)c1ccc(Cl)s1. The fourth-order valence-corrected chi connectivity index (χ4v) is 3.48. The lowest BCUT2D eigenvalue weighted by molar-refractivity contribution is -0.117. The van der Waals surface area contributed by atoms with Crippen LogP contribution < -0.4 is 15.0 Å². The second kappa shape index (κ2) is 6.18. The molecule has 6 heteroatoms. The maximum atomic E-state index is 12.4. The number of benzene rings is 1. The number of nitrogens with zero attached hydrogens (tertiary/aromatic N) is 1. The van der Waals surface area contributed by atoms with Gasteiger partial charge in [0.2, 0.25) is 5.91 Å². The van der Waals surface area contributed by atoms with E-state index in [4.69, 9.17) is 16.3 Å². The maximum absolute atomic E-state index is 12.4. The third kappa shape index (κ3) is 3.05. The number of hydrogen-bond acceptors (Lipinski definition) is 4. The van der Waals surface area contributed by atoms with Gasteiger partial charge in [-0.3, -0.25) is 4.79 Å². The van der Waals surface area contributed by atoms with Gasteiger partial charge in [0.15, 0.2) is 0 Å². The first-order valence-corrected chi connectivity index (χ1v) is 8.28. The molecule has 1 aromatic heterocycles. The van der Waals surface area contributed by atoms with Gasteiger partial charge >= 0.3 is 0 Å². The third-order valence-corrected chi connectivity index (χ3v) is 5.15. The van der Waals surface area contributed by atoms with Gasteiger partial charge in [0, 0.05) is 17.6 Å². The van der Waals surface area contributed by atoms with E-state index in [0.717, 1.165) is 28.5 Å². The highest BCUT2D eigenvalue weighted by molar-refractivity contribution is 7.16. The molecular formula is C16H17ClN2O2S. The second-order valence-electron chi connectivity index (χ2n) is 5.31. The molecule has 0 radical (unpaired) electrons. The van der Waals surface area contributed by atoms with Crippen molar-refractivity contribution < 1.29 is 9.53 Å². The third-order valence-electron chi connectivity index (χ3n) is 3.74. The molecule has 2 aromatic rings. The van der Waals surface area contributed by atoms with Crippen molar-refractivity contribution in [2.45, 2.75) is 12.8 Å². The lowest BCUT2D eigenvalue weighted by Crippen LogP contribution is -2.29. The Morgan fingerprint density at radius 1 is 1.41 bits per heavy atom. The number of ether oxygens (including phenoxy) is 1. The average Bonchev–Trinajstić information content (AvgIpc) is 2.94. The zero-order valence-corrected chi connectivity index (χ0v) is 14.0. The highest BCUT2D eigenvalue weighted by Crippen LogP contribution is 2.34. The summed E-state index contributed by atoms with van der Waals surface area (Å²) in [6.45, 7) is 3.41. The van der Waals surface area contributed by atoms with E-state index in [1.807, 2.05) is 44.3 Å². The van der Waals surface area contributed by atoms with Crippen LogP contribution in [0.3, 0.4) is 0 Å². The van der Waals surface area contributed by atoms with Crippen molar-refractivity contribution in [1.82, 2.24) is 0 Å². The molecule has 1 aliphatic rings. The van der Waals surface area contributed by atoms with E-state index in [-0.39, 0.29) is 11.8 Å². The van der Waals surface area contributed by atoms with Gasteiger partial charge < -0.3 is 15.0 Å². The first-order valence-electron chi connectivity index (χ1n) is 7.08. The number of anilines is 2. The number of hydrogen-bond donors (Lipinski definition) is 1. The summed E-state index contributed by atoms with van der Waals surface area (Å²) in [5.74, 6) is 0.574. The van der Waals surface area contributed by atoms with Gasteiger partial charge in [-0.25, -0.2) is 0 Å². The number of nitrogens with one attached hydrogen (secondary N) is 1. The van der Waals surface area contributed by atoms with E-state index < -0.39 is 0 Å². The second-order valence-corrected chi connectivity index (χ2v) is 7.05.